The molecule has 3 heterocycles. The van der Waals surface area contributed by atoms with Crippen LogP contribution in [0.15, 0.2) is 18.2 Å². The van der Waals surface area contributed by atoms with Crippen LogP contribution in [-0.2, 0) is 6.54 Å². The molecule has 11 heteroatoms. The highest BCUT2D eigenvalue weighted by Crippen LogP contribution is 2.31. The number of carbonyl (C=O) groups is 1. The van der Waals surface area contributed by atoms with Gasteiger partial charge in [0.1, 0.15) is 5.75 Å². The Bertz CT molecular complexity index is 1140. The van der Waals surface area contributed by atoms with Crippen LogP contribution in [0.25, 0.3) is 0 Å². The molecule has 1 saturated carbocycles. The number of nitrogen functional groups attached to an aromatic ring is 1. The minimum atomic E-state index is -0.310. The van der Waals surface area contributed by atoms with E-state index in [-0.39, 0.29) is 34.4 Å². The third kappa shape index (κ3) is 6.06. The normalized spacial score (nSPS) is 21.8. The summed E-state index contributed by atoms with van der Waals surface area (Å²) < 4.78 is 0. The van der Waals surface area contributed by atoms with E-state index in [0.29, 0.717) is 22.9 Å². The lowest BCUT2D eigenvalue weighted by atomic mass is 9.97. The minimum Gasteiger partial charge on any atom is -0.508 e. The van der Waals surface area contributed by atoms with Crippen molar-refractivity contribution in [1.82, 2.24) is 25.1 Å². The van der Waals surface area contributed by atoms with E-state index in [2.05, 4.69) is 36.9 Å². The first-order chi connectivity index (χ1) is 17.8. The number of aromatic nitrogens is 2. The smallest absolute Gasteiger partial charge is 0.274 e. The van der Waals surface area contributed by atoms with E-state index >= 15 is 0 Å². The molecule has 3 aliphatic rings. The fraction of sp³-hybridized carbons (Fsp3) is 0.577. The second kappa shape index (κ2) is 11.2. The molecule has 1 aromatic heterocycles. The molecule has 2 aromatic rings. The van der Waals surface area contributed by atoms with Gasteiger partial charge in [0.25, 0.3) is 5.91 Å². The topological polar surface area (TPSA) is 111 Å². The first-order valence-electron chi connectivity index (χ1n) is 13.2. The minimum absolute atomic E-state index is 0.102. The second-order valence-corrected chi connectivity index (χ2v) is 11.1. The Morgan fingerprint density at radius 2 is 1.89 bits per heavy atom. The van der Waals surface area contributed by atoms with Gasteiger partial charge in [0, 0.05) is 54.9 Å². The number of aromatic hydroxyl groups is 1. The Kier molecular flexibility index (Phi) is 7.95. The van der Waals surface area contributed by atoms with Gasteiger partial charge in [-0.05, 0) is 57.3 Å². The first kappa shape index (κ1) is 26.3. The molecule has 3 fully saturated rings. The Morgan fingerprint density at radius 1 is 1.14 bits per heavy atom. The Hall–Kier alpha value is -2.33. The molecule has 2 aliphatic heterocycles. The number of nitrogens with one attached hydrogen (secondary N) is 1. The average molecular weight is 549 g/mol. The van der Waals surface area contributed by atoms with E-state index in [9.17, 15) is 9.90 Å². The molecule has 1 atom stereocenters. The molecule has 0 unspecified atom stereocenters. The number of piperidine rings is 1. The van der Waals surface area contributed by atoms with Gasteiger partial charge < -0.3 is 21.1 Å². The van der Waals surface area contributed by atoms with Crippen LogP contribution in [0.3, 0.4) is 0 Å². The monoisotopic (exact) mass is 547 g/mol. The fourth-order valence-electron chi connectivity index (χ4n) is 5.50. The molecule has 0 bridgehead atoms. The fourth-order valence-corrected chi connectivity index (χ4v) is 5.91. The number of benzene rings is 1. The quantitative estimate of drug-likeness (QED) is 0.482. The molecule has 5 rings (SSSR count). The van der Waals surface area contributed by atoms with Crippen LogP contribution >= 0.6 is 23.2 Å². The number of likely N-dealkylation sites (tertiary alicyclic amines) is 1. The summed E-state index contributed by atoms with van der Waals surface area (Å²) in [6, 6.07) is 6.43. The highest BCUT2D eigenvalue weighted by atomic mass is 35.5. The van der Waals surface area contributed by atoms with Crippen molar-refractivity contribution in [2.75, 3.05) is 43.4 Å². The third-order valence-corrected chi connectivity index (χ3v) is 8.25. The highest BCUT2D eigenvalue weighted by molar-refractivity contribution is 6.32. The molecule has 4 N–H and O–H groups in total. The number of hydrogen-bond donors (Lipinski definition) is 3. The van der Waals surface area contributed by atoms with E-state index in [1.54, 1.807) is 6.07 Å². The molecule has 200 valence electrons. The van der Waals surface area contributed by atoms with Crippen molar-refractivity contribution in [2.45, 2.75) is 63.7 Å². The average Bonchev–Trinajstić information content (AvgIpc) is 3.71. The maximum absolute atomic E-state index is 12.4. The summed E-state index contributed by atoms with van der Waals surface area (Å²) in [4.78, 5) is 28.4. The number of phenols is 1. The van der Waals surface area contributed by atoms with Gasteiger partial charge in [0.15, 0.2) is 22.5 Å². The van der Waals surface area contributed by atoms with Crippen molar-refractivity contribution in [3.05, 3.63) is 39.6 Å². The van der Waals surface area contributed by atoms with E-state index < -0.39 is 0 Å². The number of halogens is 2. The molecular formula is C26H35Cl2N7O2. The van der Waals surface area contributed by atoms with Crippen LogP contribution < -0.4 is 16.0 Å². The van der Waals surface area contributed by atoms with Crippen LogP contribution in [0.1, 0.15) is 55.1 Å². The summed E-state index contributed by atoms with van der Waals surface area (Å²) in [5.41, 5.74) is 7.15. The number of piperazine rings is 1. The SMILES string of the molecule is CC[C@H]1CN(c2nc(N)c(C(=O)NC3CC3)nc2Cl)CCN1C1CCN(Cc2ccc(Cl)cc2O)CC1. The van der Waals surface area contributed by atoms with Gasteiger partial charge in [-0.25, -0.2) is 9.97 Å². The number of anilines is 2. The largest absolute Gasteiger partial charge is 0.508 e. The lowest BCUT2D eigenvalue weighted by Crippen LogP contribution is -2.58. The molecule has 0 radical (unpaired) electrons. The highest BCUT2D eigenvalue weighted by Gasteiger charge is 2.35. The summed E-state index contributed by atoms with van der Waals surface area (Å²) in [6.07, 6.45) is 5.15. The van der Waals surface area contributed by atoms with Gasteiger partial charge in [0.05, 0.1) is 0 Å². The van der Waals surface area contributed by atoms with Gasteiger partial charge in [0.2, 0.25) is 0 Å². The molecule has 1 amide bonds. The molecule has 2 saturated heterocycles. The molecule has 1 aromatic carbocycles. The van der Waals surface area contributed by atoms with Gasteiger partial charge in [-0.3, -0.25) is 14.6 Å². The van der Waals surface area contributed by atoms with E-state index in [4.69, 9.17) is 28.9 Å². The second-order valence-electron chi connectivity index (χ2n) is 10.3. The van der Waals surface area contributed by atoms with Crippen LogP contribution in [-0.4, -0.2) is 81.6 Å². The first-order valence-corrected chi connectivity index (χ1v) is 13.9. The van der Waals surface area contributed by atoms with E-state index in [0.717, 1.165) is 76.9 Å². The van der Waals surface area contributed by atoms with Gasteiger partial charge >= 0.3 is 0 Å². The number of phenolic OH excluding ortho intramolecular Hbond substituents is 1. The number of hydrogen-bond acceptors (Lipinski definition) is 8. The molecule has 1 aliphatic carbocycles. The summed E-state index contributed by atoms with van der Waals surface area (Å²) in [5, 5.41) is 13.9. The van der Waals surface area contributed by atoms with Gasteiger partial charge in [-0.15, -0.1) is 0 Å². The maximum Gasteiger partial charge on any atom is 0.274 e. The summed E-state index contributed by atoms with van der Waals surface area (Å²) in [7, 11) is 0. The zero-order valence-electron chi connectivity index (χ0n) is 21.2. The number of amides is 1. The molecule has 0 spiro atoms. The van der Waals surface area contributed by atoms with Crippen molar-refractivity contribution >= 4 is 40.7 Å². The molecule has 37 heavy (non-hydrogen) atoms. The van der Waals surface area contributed by atoms with Crippen molar-refractivity contribution in [3.8, 4) is 5.75 Å². The van der Waals surface area contributed by atoms with Crippen molar-refractivity contribution in [3.63, 3.8) is 0 Å². The number of carbonyl (C=O) groups excluding carboxylic acids is 1. The van der Waals surface area contributed by atoms with Crippen molar-refractivity contribution in [1.29, 1.82) is 0 Å². The molecular weight excluding hydrogens is 513 g/mol. The summed E-state index contributed by atoms with van der Waals surface area (Å²) >= 11 is 12.5. The number of nitrogens with two attached hydrogens (primary N) is 1. The van der Waals surface area contributed by atoms with Crippen LogP contribution in [0.2, 0.25) is 10.2 Å². The molecule has 9 nitrogen and oxygen atoms in total. The lowest BCUT2D eigenvalue weighted by Gasteiger charge is -2.47. The summed E-state index contributed by atoms with van der Waals surface area (Å²) in [5.74, 6) is 0.621. The standard InChI is InChI=1S/C26H35Cl2N7O2/c1-2-19-15-34(25-23(28)31-22(24(29)32-25)26(37)30-18-5-6-18)11-12-35(19)20-7-9-33(10-8-20)14-16-3-4-17(27)13-21(16)36/h3-4,13,18-20,36H,2,5-12,14-15H2,1H3,(H2,29,32)(H,30,37)/t19-/m0/s1. The Labute approximate surface area is 227 Å². The van der Waals surface area contributed by atoms with Crippen LogP contribution in [0, 0.1) is 0 Å². The van der Waals surface area contributed by atoms with E-state index in [1.807, 2.05) is 12.1 Å². The van der Waals surface area contributed by atoms with Crippen molar-refractivity contribution < 1.29 is 9.90 Å². The van der Waals surface area contributed by atoms with Gasteiger partial charge in [-0.2, -0.15) is 0 Å². The van der Waals surface area contributed by atoms with Crippen LogP contribution in [0.5, 0.6) is 5.75 Å². The lowest BCUT2D eigenvalue weighted by molar-refractivity contribution is 0.0608. The number of rotatable bonds is 7. The zero-order chi connectivity index (χ0) is 26.1. The van der Waals surface area contributed by atoms with Gasteiger partial charge in [-0.1, -0.05) is 36.2 Å². The Morgan fingerprint density at radius 3 is 2.57 bits per heavy atom. The van der Waals surface area contributed by atoms with Crippen LogP contribution in [0.4, 0.5) is 11.6 Å². The maximum atomic E-state index is 12.4. The summed E-state index contributed by atoms with van der Waals surface area (Å²) in [6.45, 7) is 7.39. The predicted molar refractivity (Wildman–Crippen MR) is 146 cm³/mol. The Balaban J connectivity index is 1.19. The third-order valence-electron chi connectivity index (χ3n) is 7.76. The van der Waals surface area contributed by atoms with E-state index in [1.165, 1.54) is 0 Å². The predicted octanol–water partition coefficient (Wildman–Crippen LogP) is 3.53. The zero-order valence-corrected chi connectivity index (χ0v) is 22.7. The van der Waals surface area contributed by atoms with Crippen molar-refractivity contribution in [2.24, 2.45) is 0 Å². The number of nitrogens with zero attached hydrogens (tertiary/aromatic N) is 5.